The molecule has 7 heteroatoms. The molecule has 0 spiro atoms. The summed E-state index contributed by atoms with van der Waals surface area (Å²) in [6.07, 6.45) is -1.43. The number of ether oxygens (including phenoxy) is 4. The largest absolute Gasteiger partial charge is 0.463 e. The predicted octanol–water partition coefficient (Wildman–Crippen LogP) is 1.57. The van der Waals surface area contributed by atoms with Gasteiger partial charge in [0, 0.05) is 6.08 Å². The van der Waals surface area contributed by atoms with Gasteiger partial charge in [-0.3, -0.25) is 0 Å². The highest BCUT2D eigenvalue weighted by atomic mass is 16.8. The van der Waals surface area contributed by atoms with Gasteiger partial charge in [-0.25, -0.2) is 4.79 Å². The molecule has 0 radical (unpaired) electrons. The van der Waals surface area contributed by atoms with Gasteiger partial charge in [0.05, 0.1) is 26.4 Å². The Morgan fingerprint density at radius 2 is 2.00 bits per heavy atom. The first-order valence-corrected chi connectivity index (χ1v) is 8.99. The van der Waals surface area contributed by atoms with Crippen molar-refractivity contribution < 1.29 is 34.0 Å². The van der Waals surface area contributed by atoms with Crippen molar-refractivity contribution in [3.63, 3.8) is 0 Å². The molecule has 0 bridgehead atoms. The Hall–Kier alpha value is -1.77. The van der Waals surface area contributed by atoms with E-state index < -0.39 is 36.7 Å². The van der Waals surface area contributed by atoms with Crippen LogP contribution in [-0.4, -0.2) is 60.1 Å². The normalized spacial score (nSPS) is 23.2. The summed E-state index contributed by atoms with van der Waals surface area (Å²) in [5.41, 5.74) is 1.47. The Morgan fingerprint density at radius 3 is 2.63 bits per heavy atom. The molecule has 1 heterocycles. The van der Waals surface area contributed by atoms with Crippen LogP contribution in [0.1, 0.15) is 26.3 Å². The third kappa shape index (κ3) is 6.41. The smallest absolute Gasteiger partial charge is 0.330 e. The number of aliphatic hydroxyl groups is 2. The summed E-state index contributed by atoms with van der Waals surface area (Å²) in [7, 11) is 0. The van der Waals surface area contributed by atoms with E-state index in [1.54, 1.807) is 20.8 Å². The second-order valence-corrected chi connectivity index (χ2v) is 6.72. The van der Waals surface area contributed by atoms with Crippen molar-refractivity contribution in [2.75, 3.05) is 19.8 Å². The van der Waals surface area contributed by atoms with Crippen molar-refractivity contribution >= 4 is 5.97 Å². The van der Waals surface area contributed by atoms with Crippen molar-refractivity contribution in [2.45, 2.75) is 51.5 Å². The van der Waals surface area contributed by atoms with E-state index in [4.69, 9.17) is 18.9 Å². The summed E-state index contributed by atoms with van der Waals surface area (Å²) in [6, 6.07) is 9.62. The summed E-state index contributed by atoms with van der Waals surface area (Å²) < 4.78 is 22.3. The molecule has 0 aliphatic carbocycles. The number of benzene rings is 1. The Kier molecular flexibility index (Phi) is 7.94. The van der Waals surface area contributed by atoms with Crippen molar-refractivity contribution in [3.05, 3.63) is 47.5 Å². The Morgan fingerprint density at radius 1 is 1.30 bits per heavy atom. The molecule has 7 nitrogen and oxygen atoms in total. The van der Waals surface area contributed by atoms with E-state index >= 15 is 0 Å². The van der Waals surface area contributed by atoms with Gasteiger partial charge in [-0.2, -0.15) is 0 Å². The molecule has 150 valence electrons. The number of carbonyl (C=O) groups is 1. The minimum absolute atomic E-state index is 0.0897. The van der Waals surface area contributed by atoms with Gasteiger partial charge < -0.3 is 29.2 Å². The van der Waals surface area contributed by atoms with Crippen LogP contribution in [0.15, 0.2) is 42.0 Å². The summed E-state index contributed by atoms with van der Waals surface area (Å²) in [6.45, 7) is 5.32. The number of carbonyl (C=O) groups excluding carboxylic acids is 1. The van der Waals surface area contributed by atoms with Crippen molar-refractivity contribution in [1.29, 1.82) is 0 Å². The molecule has 2 N–H and O–H groups in total. The molecular formula is C20H28O7. The molecule has 1 fully saturated rings. The zero-order chi connectivity index (χ0) is 19.9. The van der Waals surface area contributed by atoms with Gasteiger partial charge in [-0.05, 0) is 31.9 Å². The van der Waals surface area contributed by atoms with Crippen LogP contribution in [-0.2, 0) is 30.3 Å². The highest BCUT2D eigenvalue weighted by Gasteiger charge is 2.46. The molecule has 0 amide bonds. The average molecular weight is 380 g/mol. The molecule has 3 atom stereocenters. The second kappa shape index (κ2) is 9.96. The van der Waals surface area contributed by atoms with Crippen molar-refractivity contribution in [1.82, 2.24) is 0 Å². The van der Waals surface area contributed by atoms with Gasteiger partial charge in [-0.15, -0.1) is 0 Å². The SMILES string of the molecule is CCOC(=O)/C=C(\COCc1ccccc1)[C@H]1OC(C)(C)O[C@@H]1[C@H](O)CO. The summed E-state index contributed by atoms with van der Waals surface area (Å²) in [5, 5.41) is 19.4. The van der Waals surface area contributed by atoms with Gasteiger partial charge in [0.15, 0.2) is 5.79 Å². The van der Waals surface area contributed by atoms with E-state index in [-0.39, 0.29) is 13.2 Å². The lowest BCUT2D eigenvalue weighted by atomic mass is 10.0. The third-order valence-corrected chi connectivity index (χ3v) is 4.03. The van der Waals surface area contributed by atoms with Gasteiger partial charge in [0.2, 0.25) is 0 Å². The van der Waals surface area contributed by atoms with Gasteiger partial charge in [0.25, 0.3) is 0 Å². The summed E-state index contributed by atoms with van der Waals surface area (Å²) in [5.74, 6) is -1.50. The Balaban J connectivity index is 2.16. The monoisotopic (exact) mass is 380 g/mol. The molecular weight excluding hydrogens is 352 g/mol. The predicted molar refractivity (Wildman–Crippen MR) is 97.7 cm³/mol. The van der Waals surface area contributed by atoms with Gasteiger partial charge in [0.1, 0.15) is 18.3 Å². The topological polar surface area (TPSA) is 94.5 Å². The van der Waals surface area contributed by atoms with Crippen LogP contribution in [0.2, 0.25) is 0 Å². The summed E-state index contributed by atoms with van der Waals surface area (Å²) in [4.78, 5) is 12.0. The lowest BCUT2D eigenvalue weighted by Crippen LogP contribution is -2.39. The number of esters is 1. The minimum atomic E-state index is -1.16. The van der Waals surface area contributed by atoms with Crippen LogP contribution < -0.4 is 0 Å². The van der Waals surface area contributed by atoms with E-state index in [1.807, 2.05) is 30.3 Å². The van der Waals surface area contributed by atoms with Gasteiger partial charge in [-0.1, -0.05) is 30.3 Å². The first-order valence-electron chi connectivity index (χ1n) is 8.99. The number of hydrogen-bond donors (Lipinski definition) is 2. The zero-order valence-electron chi connectivity index (χ0n) is 16.0. The lowest BCUT2D eigenvalue weighted by molar-refractivity contribution is -0.156. The Labute approximate surface area is 159 Å². The van der Waals surface area contributed by atoms with Crippen LogP contribution in [0.25, 0.3) is 0 Å². The molecule has 0 saturated carbocycles. The van der Waals surface area contributed by atoms with Gasteiger partial charge >= 0.3 is 5.97 Å². The fraction of sp³-hybridized carbons (Fsp3) is 0.550. The molecule has 1 aliphatic heterocycles. The summed E-state index contributed by atoms with van der Waals surface area (Å²) >= 11 is 0. The molecule has 0 aromatic heterocycles. The van der Waals surface area contributed by atoms with E-state index in [0.717, 1.165) is 5.56 Å². The first kappa shape index (κ1) is 21.5. The van der Waals surface area contributed by atoms with E-state index in [9.17, 15) is 15.0 Å². The highest BCUT2D eigenvalue weighted by Crippen LogP contribution is 2.34. The van der Waals surface area contributed by atoms with Crippen LogP contribution in [0.3, 0.4) is 0 Å². The number of rotatable bonds is 9. The van der Waals surface area contributed by atoms with Crippen molar-refractivity contribution in [2.24, 2.45) is 0 Å². The number of hydrogen-bond acceptors (Lipinski definition) is 7. The number of aliphatic hydroxyl groups excluding tert-OH is 2. The molecule has 0 unspecified atom stereocenters. The highest BCUT2D eigenvalue weighted by molar-refractivity contribution is 5.83. The van der Waals surface area contributed by atoms with Crippen LogP contribution in [0, 0.1) is 0 Å². The van der Waals surface area contributed by atoms with E-state index in [1.165, 1.54) is 6.08 Å². The maximum atomic E-state index is 12.0. The molecule has 2 rings (SSSR count). The lowest BCUT2D eigenvalue weighted by Gasteiger charge is -2.23. The van der Waals surface area contributed by atoms with Crippen LogP contribution >= 0.6 is 0 Å². The minimum Gasteiger partial charge on any atom is -0.463 e. The third-order valence-electron chi connectivity index (χ3n) is 4.03. The van der Waals surface area contributed by atoms with Crippen LogP contribution in [0.4, 0.5) is 0 Å². The molecule has 1 aromatic carbocycles. The molecule has 1 aromatic rings. The first-order chi connectivity index (χ1) is 12.9. The standard InChI is InChI=1S/C20H28O7/c1-4-25-17(23)10-15(13-24-12-14-8-6-5-7-9-14)18-19(16(22)11-21)27-20(2,3)26-18/h5-10,16,18-19,21-22H,4,11-13H2,1-3H3/b15-10+/t16-,18-,19-/m1/s1. The fourth-order valence-corrected chi connectivity index (χ4v) is 2.86. The van der Waals surface area contributed by atoms with E-state index in [2.05, 4.69) is 0 Å². The van der Waals surface area contributed by atoms with Crippen LogP contribution in [0.5, 0.6) is 0 Å². The van der Waals surface area contributed by atoms with Crippen molar-refractivity contribution in [3.8, 4) is 0 Å². The quantitative estimate of drug-likeness (QED) is 0.496. The Bertz CT molecular complexity index is 626. The molecule has 1 saturated heterocycles. The fourth-order valence-electron chi connectivity index (χ4n) is 2.86. The maximum Gasteiger partial charge on any atom is 0.330 e. The maximum absolute atomic E-state index is 12.0. The zero-order valence-corrected chi connectivity index (χ0v) is 16.0. The second-order valence-electron chi connectivity index (χ2n) is 6.72. The average Bonchev–Trinajstić information content (AvgIpc) is 2.97. The molecule has 27 heavy (non-hydrogen) atoms. The van der Waals surface area contributed by atoms with E-state index in [0.29, 0.717) is 12.2 Å². The molecule has 1 aliphatic rings.